The maximum absolute atomic E-state index is 10.8. The summed E-state index contributed by atoms with van der Waals surface area (Å²) in [4.78, 5) is 14.7. The molecule has 0 N–H and O–H groups in total. The molecular formula is C7H11NO2. The number of esters is 1. The Bertz CT molecular complexity index is 165. The summed E-state index contributed by atoms with van der Waals surface area (Å²) in [5, 5.41) is 0. The van der Waals surface area contributed by atoms with Gasteiger partial charge in [0.1, 0.15) is 0 Å². The zero-order valence-electron chi connectivity index (χ0n) is 6.20. The predicted octanol–water partition coefficient (Wildman–Crippen LogP) is 0.986. The Kier molecular flexibility index (Phi) is 2.04. The van der Waals surface area contributed by atoms with E-state index in [2.05, 4.69) is 9.73 Å². The molecule has 1 aliphatic heterocycles. The van der Waals surface area contributed by atoms with Crippen LogP contribution in [0.25, 0.3) is 0 Å². The Morgan fingerprint density at radius 3 is 3.00 bits per heavy atom. The van der Waals surface area contributed by atoms with Gasteiger partial charge in [-0.2, -0.15) is 0 Å². The fourth-order valence-electron chi connectivity index (χ4n) is 0.881. The van der Waals surface area contributed by atoms with E-state index >= 15 is 0 Å². The molecule has 0 aromatic heterocycles. The lowest BCUT2D eigenvalue weighted by molar-refractivity contribution is -0.135. The third-order valence-electron chi connectivity index (χ3n) is 1.81. The molecule has 2 atom stereocenters. The quantitative estimate of drug-likeness (QED) is 0.538. The van der Waals surface area contributed by atoms with Crippen molar-refractivity contribution in [3.8, 4) is 0 Å². The summed E-state index contributed by atoms with van der Waals surface area (Å²) in [6, 6.07) is -0.245. The molecule has 2 unspecified atom stereocenters. The van der Waals surface area contributed by atoms with Crippen molar-refractivity contribution < 1.29 is 9.53 Å². The first-order chi connectivity index (χ1) is 4.75. The second kappa shape index (κ2) is 2.82. The smallest absolute Gasteiger partial charge is 0.337 e. The molecule has 0 saturated carbocycles. The Hall–Kier alpha value is -0.860. The third kappa shape index (κ3) is 1.17. The molecule has 0 aliphatic carbocycles. The van der Waals surface area contributed by atoms with E-state index in [1.54, 1.807) is 0 Å². The first kappa shape index (κ1) is 7.25. The lowest BCUT2D eigenvalue weighted by atomic mass is 10.0. The minimum atomic E-state index is -0.245. The highest BCUT2D eigenvalue weighted by atomic mass is 16.5. The monoisotopic (exact) mass is 141 g/mol. The van der Waals surface area contributed by atoms with Crippen molar-refractivity contribution in [3.63, 3.8) is 0 Å². The van der Waals surface area contributed by atoms with E-state index in [1.807, 2.05) is 13.8 Å². The van der Waals surface area contributed by atoms with Crippen LogP contribution in [-0.2, 0) is 9.53 Å². The summed E-state index contributed by atoms with van der Waals surface area (Å²) in [7, 11) is 0. The molecule has 0 aromatic rings. The Balaban J connectivity index is 2.54. The van der Waals surface area contributed by atoms with Crippen LogP contribution in [-0.4, -0.2) is 18.4 Å². The number of hydrogen-bond acceptors (Lipinski definition) is 3. The fraction of sp³-hybridized carbons (Fsp3) is 0.714. The van der Waals surface area contributed by atoms with E-state index in [1.165, 1.54) is 6.40 Å². The van der Waals surface area contributed by atoms with Gasteiger partial charge in [0.25, 0.3) is 0 Å². The number of nitrogens with zero attached hydrogens (tertiary/aromatic N) is 1. The zero-order chi connectivity index (χ0) is 7.56. The molecule has 3 nitrogen and oxygen atoms in total. The number of aliphatic imine (C=N–C) groups is 1. The molecule has 1 aliphatic rings. The fourth-order valence-corrected chi connectivity index (χ4v) is 0.881. The molecule has 0 amide bonds. The summed E-state index contributed by atoms with van der Waals surface area (Å²) >= 11 is 0. The van der Waals surface area contributed by atoms with Crippen molar-refractivity contribution in [1.82, 2.24) is 0 Å². The molecule has 0 fully saturated rings. The highest BCUT2D eigenvalue weighted by molar-refractivity contribution is 5.88. The minimum Gasteiger partial charge on any atom is -0.413 e. The van der Waals surface area contributed by atoms with E-state index in [9.17, 15) is 4.79 Å². The maximum Gasteiger partial charge on any atom is 0.337 e. The Morgan fingerprint density at radius 2 is 2.60 bits per heavy atom. The summed E-state index contributed by atoms with van der Waals surface area (Å²) in [5.74, 6) is 0.0839. The normalized spacial score (nSPS) is 26.6. The van der Waals surface area contributed by atoms with Gasteiger partial charge in [-0.15, -0.1) is 0 Å². The highest BCUT2D eigenvalue weighted by Gasteiger charge is 2.27. The van der Waals surface area contributed by atoms with Crippen molar-refractivity contribution in [2.75, 3.05) is 0 Å². The van der Waals surface area contributed by atoms with Gasteiger partial charge >= 0.3 is 5.97 Å². The van der Waals surface area contributed by atoms with Crippen LogP contribution in [0.4, 0.5) is 0 Å². The number of rotatable bonds is 2. The molecule has 1 heterocycles. The topological polar surface area (TPSA) is 38.7 Å². The van der Waals surface area contributed by atoms with Crippen molar-refractivity contribution >= 4 is 12.4 Å². The second-order valence-corrected chi connectivity index (χ2v) is 2.52. The van der Waals surface area contributed by atoms with Gasteiger partial charge in [-0.1, -0.05) is 20.3 Å². The van der Waals surface area contributed by atoms with Gasteiger partial charge in [0.2, 0.25) is 0 Å². The summed E-state index contributed by atoms with van der Waals surface area (Å²) in [5.41, 5.74) is 0. The van der Waals surface area contributed by atoms with Crippen LogP contribution >= 0.6 is 0 Å². The van der Waals surface area contributed by atoms with Crippen LogP contribution in [0.3, 0.4) is 0 Å². The van der Waals surface area contributed by atoms with E-state index < -0.39 is 0 Å². The number of cyclic esters (lactones) is 1. The second-order valence-electron chi connectivity index (χ2n) is 2.52. The number of carbonyl (C=O) groups excluding carboxylic acids is 1. The molecule has 10 heavy (non-hydrogen) atoms. The number of carbonyl (C=O) groups is 1. The Labute approximate surface area is 60.1 Å². The number of ether oxygens (including phenoxy) is 1. The molecule has 0 aromatic carbocycles. The van der Waals surface area contributed by atoms with Gasteiger partial charge in [0.15, 0.2) is 12.4 Å². The maximum atomic E-state index is 10.8. The highest BCUT2D eigenvalue weighted by Crippen LogP contribution is 2.15. The van der Waals surface area contributed by atoms with Gasteiger partial charge in [-0.3, -0.25) is 0 Å². The summed E-state index contributed by atoms with van der Waals surface area (Å²) in [6.07, 6.45) is 2.19. The molecule has 56 valence electrons. The first-order valence-electron chi connectivity index (χ1n) is 3.48. The zero-order valence-corrected chi connectivity index (χ0v) is 6.20. The SMILES string of the molecule is CCC(C)C1N=COC1=O. The van der Waals surface area contributed by atoms with Crippen LogP contribution in [0.5, 0.6) is 0 Å². The molecular weight excluding hydrogens is 130 g/mol. The van der Waals surface area contributed by atoms with E-state index in [-0.39, 0.29) is 12.0 Å². The average Bonchev–Trinajstić information content (AvgIpc) is 2.34. The predicted molar refractivity (Wildman–Crippen MR) is 37.8 cm³/mol. The Morgan fingerprint density at radius 1 is 1.90 bits per heavy atom. The molecule has 0 radical (unpaired) electrons. The van der Waals surface area contributed by atoms with Crippen LogP contribution in [0.1, 0.15) is 20.3 Å². The molecule has 1 rings (SSSR count). The average molecular weight is 141 g/mol. The third-order valence-corrected chi connectivity index (χ3v) is 1.81. The van der Waals surface area contributed by atoms with E-state index in [0.29, 0.717) is 5.92 Å². The van der Waals surface area contributed by atoms with Gasteiger partial charge < -0.3 is 4.74 Å². The van der Waals surface area contributed by atoms with Crippen LogP contribution in [0.2, 0.25) is 0 Å². The van der Waals surface area contributed by atoms with Crippen LogP contribution in [0.15, 0.2) is 4.99 Å². The van der Waals surface area contributed by atoms with Gasteiger partial charge in [0.05, 0.1) is 0 Å². The van der Waals surface area contributed by atoms with Gasteiger partial charge in [-0.25, -0.2) is 9.79 Å². The lowest BCUT2D eigenvalue weighted by Crippen LogP contribution is -2.22. The summed E-state index contributed by atoms with van der Waals surface area (Å²) in [6.45, 7) is 4.03. The number of hydrogen-bond donors (Lipinski definition) is 0. The molecule has 3 heteroatoms. The van der Waals surface area contributed by atoms with Gasteiger partial charge in [-0.05, 0) is 5.92 Å². The van der Waals surface area contributed by atoms with E-state index in [0.717, 1.165) is 6.42 Å². The van der Waals surface area contributed by atoms with Crippen LogP contribution in [0, 0.1) is 5.92 Å². The van der Waals surface area contributed by atoms with E-state index in [4.69, 9.17) is 0 Å². The summed E-state index contributed by atoms with van der Waals surface area (Å²) < 4.78 is 4.56. The van der Waals surface area contributed by atoms with Gasteiger partial charge in [0, 0.05) is 0 Å². The van der Waals surface area contributed by atoms with Crippen molar-refractivity contribution in [2.24, 2.45) is 10.9 Å². The molecule has 0 bridgehead atoms. The van der Waals surface area contributed by atoms with Crippen LogP contribution < -0.4 is 0 Å². The van der Waals surface area contributed by atoms with Crippen molar-refractivity contribution in [1.29, 1.82) is 0 Å². The lowest BCUT2D eigenvalue weighted by Gasteiger charge is -2.09. The van der Waals surface area contributed by atoms with Crippen molar-refractivity contribution in [2.45, 2.75) is 26.3 Å². The first-order valence-corrected chi connectivity index (χ1v) is 3.48. The minimum absolute atomic E-state index is 0.214. The standard InChI is InChI=1S/C7H11NO2/c1-3-5(2)6-7(9)10-4-8-6/h4-6H,3H2,1-2H3. The molecule has 0 spiro atoms. The van der Waals surface area contributed by atoms with Crippen molar-refractivity contribution in [3.05, 3.63) is 0 Å². The molecule has 0 saturated heterocycles. The largest absolute Gasteiger partial charge is 0.413 e.